The number of halogens is 1. The Bertz CT molecular complexity index is 1240. The van der Waals surface area contributed by atoms with E-state index in [0.717, 1.165) is 4.31 Å². The Balaban J connectivity index is 1.92. The summed E-state index contributed by atoms with van der Waals surface area (Å²) < 4.78 is 33.3. The van der Waals surface area contributed by atoms with Crippen molar-refractivity contribution in [2.75, 3.05) is 22.8 Å². The first-order valence-corrected chi connectivity index (χ1v) is 11.9. The number of hydrogen-bond donors (Lipinski definition) is 1. The molecule has 3 aromatic rings. The number of ketones is 1. The zero-order valence-corrected chi connectivity index (χ0v) is 19.7. The molecule has 0 heterocycles. The van der Waals surface area contributed by atoms with Gasteiger partial charge in [0, 0.05) is 16.3 Å². The molecule has 0 spiro atoms. The van der Waals surface area contributed by atoms with Crippen LogP contribution in [-0.4, -0.2) is 33.3 Å². The Labute approximate surface area is 198 Å². The van der Waals surface area contributed by atoms with Crippen molar-refractivity contribution in [3.05, 3.63) is 83.4 Å². The molecule has 0 fully saturated rings. The van der Waals surface area contributed by atoms with Crippen molar-refractivity contribution in [2.24, 2.45) is 0 Å². The highest BCUT2D eigenvalue weighted by atomic mass is 35.5. The van der Waals surface area contributed by atoms with Crippen molar-refractivity contribution in [2.45, 2.75) is 18.7 Å². The number of Topliss-reactive ketones (excluding diaryl/α,β-unsaturated/α-hetero) is 1. The van der Waals surface area contributed by atoms with Crippen LogP contribution in [0.4, 0.5) is 11.4 Å². The predicted molar refractivity (Wildman–Crippen MR) is 129 cm³/mol. The van der Waals surface area contributed by atoms with Crippen molar-refractivity contribution in [1.82, 2.24) is 0 Å². The van der Waals surface area contributed by atoms with Crippen molar-refractivity contribution in [3.8, 4) is 5.75 Å². The van der Waals surface area contributed by atoms with Crippen LogP contribution in [0.5, 0.6) is 5.75 Å². The molecule has 0 saturated heterocycles. The number of hydrogen-bond acceptors (Lipinski definition) is 5. The summed E-state index contributed by atoms with van der Waals surface area (Å²) in [7, 11) is -4.09. The molecule has 0 aliphatic rings. The molecule has 3 rings (SSSR count). The number of benzene rings is 3. The Hall–Kier alpha value is -3.36. The lowest BCUT2D eigenvalue weighted by Gasteiger charge is -2.24. The monoisotopic (exact) mass is 486 g/mol. The number of carbonyl (C=O) groups excluding carboxylic acids is 2. The first-order valence-electron chi connectivity index (χ1n) is 10.1. The average molecular weight is 487 g/mol. The minimum absolute atomic E-state index is 0.00726. The molecule has 9 heteroatoms. The SMILES string of the molecule is CCOc1ccc(N(CC(=O)Nc2cccc(C(C)=O)c2)S(=O)(=O)c2ccc(Cl)cc2)cc1. The standard InChI is InChI=1S/C24H23ClN2O5S/c1-3-32-22-11-9-21(10-12-22)27(33(30,31)23-13-7-19(25)8-14-23)16-24(29)26-20-6-4-5-18(15-20)17(2)28/h4-15H,3,16H2,1-2H3,(H,26,29). The van der Waals surface area contributed by atoms with Gasteiger partial charge >= 0.3 is 0 Å². The fourth-order valence-electron chi connectivity index (χ4n) is 3.07. The molecule has 3 aromatic carbocycles. The van der Waals surface area contributed by atoms with Gasteiger partial charge in [-0.05, 0) is 74.5 Å². The number of nitrogens with zero attached hydrogens (tertiary/aromatic N) is 1. The Morgan fingerprint density at radius 2 is 1.67 bits per heavy atom. The van der Waals surface area contributed by atoms with E-state index >= 15 is 0 Å². The van der Waals surface area contributed by atoms with Crippen molar-refractivity contribution in [1.29, 1.82) is 0 Å². The third kappa shape index (κ3) is 6.12. The van der Waals surface area contributed by atoms with Crippen LogP contribution in [0.1, 0.15) is 24.2 Å². The molecule has 33 heavy (non-hydrogen) atoms. The molecule has 0 aromatic heterocycles. The molecule has 1 amide bonds. The predicted octanol–water partition coefficient (Wildman–Crippen LogP) is 4.78. The topological polar surface area (TPSA) is 92.8 Å². The van der Waals surface area contributed by atoms with Gasteiger partial charge < -0.3 is 10.1 Å². The highest BCUT2D eigenvalue weighted by Gasteiger charge is 2.27. The van der Waals surface area contributed by atoms with Gasteiger partial charge in [-0.25, -0.2) is 8.42 Å². The number of nitrogens with one attached hydrogen (secondary N) is 1. The molecule has 0 bridgehead atoms. The fourth-order valence-corrected chi connectivity index (χ4v) is 4.62. The van der Waals surface area contributed by atoms with E-state index in [1.54, 1.807) is 42.5 Å². The van der Waals surface area contributed by atoms with Crippen LogP contribution in [0.2, 0.25) is 5.02 Å². The summed E-state index contributed by atoms with van der Waals surface area (Å²) in [6, 6.07) is 18.6. The van der Waals surface area contributed by atoms with E-state index in [4.69, 9.17) is 16.3 Å². The maximum Gasteiger partial charge on any atom is 0.264 e. The van der Waals surface area contributed by atoms with Crippen LogP contribution in [0, 0.1) is 0 Å². The second-order valence-electron chi connectivity index (χ2n) is 7.08. The minimum atomic E-state index is -4.09. The zero-order valence-electron chi connectivity index (χ0n) is 18.1. The number of amides is 1. The van der Waals surface area contributed by atoms with E-state index in [1.807, 2.05) is 6.92 Å². The van der Waals surface area contributed by atoms with E-state index in [0.29, 0.717) is 34.3 Å². The number of sulfonamides is 1. The third-order valence-electron chi connectivity index (χ3n) is 4.68. The molecule has 0 radical (unpaired) electrons. The van der Waals surface area contributed by atoms with E-state index in [9.17, 15) is 18.0 Å². The molecule has 0 unspecified atom stereocenters. The Morgan fingerprint density at radius 3 is 2.27 bits per heavy atom. The van der Waals surface area contributed by atoms with E-state index in [2.05, 4.69) is 5.32 Å². The zero-order chi connectivity index (χ0) is 24.0. The molecule has 0 saturated carbocycles. The van der Waals surface area contributed by atoms with Gasteiger partial charge in [0.25, 0.3) is 10.0 Å². The van der Waals surface area contributed by atoms with Crippen LogP contribution in [0.25, 0.3) is 0 Å². The third-order valence-corrected chi connectivity index (χ3v) is 6.72. The summed E-state index contributed by atoms with van der Waals surface area (Å²) in [5, 5.41) is 3.05. The minimum Gasteiger partial charge on any atom is -0.494 e. The number of rotatable bonds is 9. The molecule has 0 atom stereocenters. The van der Waals surface area contributed by atoms with Crippen molar-refractivity contribution < 1.29 is 22.7 Å². The highest BCUT2D eigenvalue weighted by Crippen LogP contribution is 2.27. The quantitative estimate of drug-likeness (QED) is 0.439. The van der Waals surface area contributed by atoms with Crippen LogP contribution < -0.4 is 14.4 Å². The van der Waals surface area contributed by atoms with Crippen LogP contribution >= 0.6 is 11.6 Å². The second-order valence-corrected chi connectivity index (χ2v) is 9.38. The average Bonchev–Trinajstić information content (AvgIpc) is 2.79. The van der Waals surface area contributed by atoms with Gasteiger partial charge in [0.2, 0.25) is 5.91 Å². The smallest absolute Gasteiger partial charge is 0.264 e. The summed E-state index contributed by atoms with van der Waals surface area (Å²) in [4.78, 5) is 24.4. The Morgan fingerprint density at radius 1 is 1.00 bits per heavy atom. The molecule has 7 nitrogen and oxygen atoms in total. The largest absolute Gasteiger partial charge is 0.494 e. The van der Waals surface area contributed by atoms with Gasteiger partial charge in [-0.2, -0.15) is 0 Å². The maximum atomic E-state index is 13.4. The maximum absolute atomic E-state index is 13.4. The highest BCUT2D eigenvalue weighted by molar-refractivity contribution is 7.92. The van der Waals surface area contributed by atoms with E-state index in [1.165, 1.54) is 37.3 Å². The normalized spacial score (nSPS) is 11.0. The fraction of sp³-hybridized carbons (Fsp3) is 0.167. The van der Waals surface area contributed by atoms with Crippen molar-refractivity contribution in [3.63, 3.8) is 0 Å². The number of ether oxygens (including phenoxy) is 1. The number of carbonyl (C=O) groups is 2. The van der Waals surface area contributed by atoms with Gasteiger partial charge in [0.1, 0.15) is 12.3 Å². The Kier molecular flexibility index (Phi) is 7.73. The first kappa shape index (κ1) is 24.3. The summed E-state index contributed by atoms with van der Waals surface area (Å²) in [5.41, 5.74) is 1.12. The summed E-state index contributed by atoms with van der Waals surface area (Å²) in [6.07, 6.45) is 0. The second kappa shape index (κ2) is 10.5. The van der Waals surface area contributed by atoms with Crippen LogP contribution in [0.15, 0.2) is 77.7 Å². The van der Waals surface area contributed by atoms with Gasteiger partial charge in [-0.15, -0.1) is 0 Å². The van der Waals surface area contributed by atoms with Crippen LogP contribution in [-0.2, 0) is 14.8 Å². The molecule has 1 N–H and O–H groups in total. The van der Waals surface area contributed by atoms with Gasteiger partial charge in [0.15, 0.2) is 5.78 Å². The lowest BCUT2D eigenvalue weighted by molar-refractivity contribution is -0.114. The van der Waals surface area contributed by atoms with Gasteiger partial charge in [0.05, 0.1) is 17.2 Å². The molecule has 172 valence electrons. The van der Waals surface area contributed by atoms with Gasteiger partial charge in [-0.1, -0.05) is 23.7 Å². The van der Waals surface area contributed by atoms with Crippen LogP contribution in [0.3, 0.4) is 0 Å². The molecular weight excluding hydrogens is 464 g/mol. The lowest BCUT2D eigenvalue weighted by atomic mass is 10.1. The van der Waals surface area contributed by atoms with Gasteiger partial charge in [-0.3, -0.25) is 13.9 Å². The molecule has 0 aliphatic heterocycles. The lowest BCUT2D eigenvalue weighted by Crippen LogP contribution is -2.38. The summed E-state index contributed by atoms with van der Waals surface area (Å²) in [5.74, 6) is -0.134. The van der Waals surface area contributed by atoms with Crippen molar-refractivity contribution >= 4 is 44.7 Å². The number of anilines is 2. The molecular formula is C24H23ClN2O5S. The first-order chi connectivity index (χ1) is 15.7. The van der Waals surface area contributed by atoms with E-state index in [-0.39, 0.29) is 10.7 Å². The van der Waals surface area contributed by atoms with E-state index < -0.39 is 22.5 Å². The molecule has 0 aliphatic carbocycles. The summed E-state index contributed by atoms with van der Waals surface area (Å²) in [6.45, 7) is 3.25. The summed E-state index contributed by atoms with van der Waals surface area (Å²) >= 11 is 5.90.